The van der Waals surface area contributed by atoms with E-state index >= 15 is 0 Å². The maximum atomic E-state index is 13.7. The molecule has 2 aliphatic heterocycles. The van der Waals surface area contributed by atoms with Crippen LogP contribution in [0.25, 0.3) is 0 Å². The first-order valence-corrected chi connectivity index (χ1v) is 11.3. The van der Waals surface area contributed by atoms with Crippen LogP contribution in [0.1, 0.15) is 51.4 Å². The highest BCUT2D eigenvalue weighted by atomic mass is 19.1. The van der Waals surface area contributed by atoms with Gasteiger partial charge in [0.1, 0.15) is 0 Å². The summed E-state index contributed by atoms with van der Waals surface area (Å²) < 4.78 is 13.7. The quantitative estimate of drug-likeness (QED) is 0.241. The molecule has 3 N–H and O–H groups in total. The number of hydrogen-bond donors (Lipinski definition) is 3. The first kappa shape index (κ1) is 22.9. The lowest BCUT2D eigenvalue weighted by atomic mass is 10.00. The monoisotopic (exact) mass is 429 g/mol. The first-order valence-electron chi connectivity index (χ1n) is 11.3. The molecule has 0 bridgehead atoms. The molecule has 0 aliphatic carbocycles. The zero-order valence-corrected chi connectivity index (χ0v) is 17.9. The van der Waals surface area contributed by atoms with Crippen molar-refractivity contribution in [2.24, 2.45) is 10.9 Å². The summed E-state index contributed by atoms with van der Waals surface area (Å²) in [5.74, 6) is 0.653. The standard InChI is InChI=1S/C22H32FN7O/c23-18-14-25-12-8-19(18)29-22(28-16-24)27-10-4-2-1-3-6-17-9-13-30(15-17)21(31)20-7-5-11-26-20/h8,12,14,17,20,26H,1-7,9-11,13,15H2,(H2,25,27,28,29). The third-order valence-corrected chi connectivity index (χ3v) is 5.97. The number of carbonyl (C=O) groups is 1. The zero-order chi connectivity index (χ0) is 21.9. The molecule has 2 aliphatic rings. The maximum Gasteiger partial charge on any atom is 0.239 e. The Morgan fingerprint density at radius 2 is 2.23 bits per heavy atom. The molecule has 0 aromatic carbocycles. The predicted octanol–water partition coefficient (Wildman–Crippen LogP) is 2.61. The molecular formula is C22H32FN7O. The van der Waals surface area contributed by atoms with Gasteiger partial charge in [0.05, 0.1) is 17.9 Å². The number of nitriles is 1. The Morgan fingerprint density at radius 1 is 1.35 bits per heavy atom. The van der Waals surface area contributed by atoms with Gasteiger partial charge in [0.25, 0.3) is 0 Å². The lowest BCUT2D eigenvalue weighted by Gasteiger charge is -2.20. The third kappa shape index (κ3) is 7.17. The summed E-state index contributed by atoms with van der Waals surface area (Å²) in [7, 11) is 0. The van der Waals surface area contributed by atoms with Gasteiger partial charge in [-0.25, -0.2) is 4.39 Å². The number of unbranched alkanes of at least 4 members (excludes halogenated alkanes) is 3. The number of pyridine rings is 1. The first-order chi connectivity index (χ1) is 15.2. The van der Waals surface area contributed by atoms with Gasteiger partial charge in [-0.2, -0.15) is 5.26 Å². The normalized spacial score (nSPS) is 21.2. The minimum absolute atomic E-state index is 0.0465. The number of nitrogens with zero attached hydrogens (tertiary/aromatic N) is 4. The number of rotatable bonds is 9. The molecule has 0 saturated carbocycles. The Bertz CT molecular complexity index is 788. The van der Waals surface area contributed by atoms with Gasteiger partial charge < -0.3 is 20.9 Å². The van der Waals surface area contributed by atoms with Gasteiger partial charge in [0.2, 0.25) is 18.1 Å². The Morgan fingerprint density at radius 3 is 3.00 bits per heavy atom. The highest BCUT2D eigenvalue weighted by molar-refractivity contribution is 5.94. The van der Waals surface area contributed by atoms with Gasteiger partial charge >= 0.3 is 0 Å². The number of halogens is 1. The van der Waals surface area contributed by atoms with E-state index in [1.54, 1.807) is 6.19 Å². The molecule has 2 unspecified atom stereocenters. The van der Waals surface area contributed by atoms with Crippen molar-refractivity contribution >= 4 is 17.6 Å². The molecule has 1 aromatic rings. The van der Waals surface area contributed by atoms with Crippen LogP contribution in [0, 0.1) is 23.2 Å². The highest BCUT2D eigenvalue weighted by Gasteiger charge is 2.31. The van der Waals surface area contributed by atoms with Crippen LogP contribution < -0.4 is 16.0 Å². The van der Waals surface area contributed by atoms with Crippen molar-refractivity contribution in [3.05, 3.63) is 24.3 Å². The van der Waals surface area contributed by atoms with Crippen LogP contribution in [-0.2, 0) is 4.79 Å². The fourth-order valence-corrected chi connectivity index (χ4v) is 4.27. The molecule has 3 heterocycles. The highest BCUT2D eigenvalue weighted by Crippen LogP contribution is 2.24. The van der Waals surface area contributed by atoms with Gasteiger partial charge in [-0.05, 0) is 50.6 Å². The second kappa shape index (κ2) is 12.2. The van der Waals surface area contributed by atoms with Crippen molar-refractivity contribution in [3.8, 4) is 6.19 Å². The molecule has 8 nitrogen and oxygen atoms in total. The van der Waals surface area contributed by atoms with Crippen LogP contribution in [0.15, 0.2) is 23.5 Å². The van der Waals surface area contributed by atoms with Gasteiger partial charge in [-0.1, -0.05) is 19.3 Å². The number of hydrogen-bond acceptors (Lipinski definition) is 5. The number of amides is 1. The van der Waals surface area contributed by atoms with Gasteiger partial charge in [-0.3, -0.25) is 9.78 Å². The molecule has 2 fully saturated rings. The lowest BCUT2D eigenvalue weighted by molar-refractivity contribution is -0.132. The summed E-state index contributed by atoms with van der Waals surface area (Å²) in [5, 5.41) is 18.0. The van der Waals surface area contributed by atoms with Gasteiger partial charge in [0.15, 0.2) is 5.82 Å². The summed E-state index contributed by atoms with van der Waals surface area (Å²) in [6.07, 6.45) is 13.0. The van der Waals surface area contributed by atoms with E-state index in [4.69, 9.17) is 5.26 Å². The van der Waals surface area contributed by atoms with Crippen LogP contribution in [0.3, 0.4) is 0 Å². The van der Waals surface area contributed by atoms with Gasteiger partial charge in [0, 0.05) is 25.8 Å². The topological polar surface area (TPSA) is 105 Å². The summed E-state index contributed by atoms with van der Waals surface area (Å²) >= 11 is 0. The van der Waals surface area contributed by atoms with Crippen LogP contribution >= 0.6 is 0 Å². The fraction of sp³-hybridized carbons (Fsp3) is 0.636. The Labute approximate surface area is 183 Å². The molecule has 31 heavy (non-hydrogen) atoms. The lowest BCUT2D eigenvalue weighted by Crippen LogP contribution is -2.42. The number of nitrogens with one attached hydrogen (secondary N) is 3. The largest absolute Gasteiger partial charge is 0.355 e. The summed E-state index contributed by atoms with van der Waals surface area (Å²) in [6.45, 7) is 3.42. The summed E-state index contributed by atoms with van der Waals surface area (Å²) in [6, 6.07) is 1.54. The van der Waals surface area contributed by atoms with E-state index in [-0.39, 0.29) is 17.7 Å². The average Bonchev–Trinajstić information content (AvgIpc) is 3.47. The van der Waals surface area contributed by atoms with Gasteiger partial charge in [-0.15, -0.1) is 4.99 Å². The average molecular weight is 430 g/mol. The number of anilines is 1. The van der Waals surface area contributed by atoms with Crippen molar-refractivity contribution in [2.45, 2.75) is 57.4 Å². The molecule has 9 heteroatoms. The zero-order valence-electron chi connectivity index (χ0n) is 17.9. The minimum Gasteiger partial charge on any atom is -0.355 e. The number of guanidine groups is 1. The molecule has 168 valence electrons. The van der Waals surface area contributed by atoms with E-state index in [2.05, 4.69) is 25.9 Å². The number of carbonyl (C=O) groups excluding carboxylic acids is 1. The second-order valence-electron chi connectivity index (χ2n) is 8.26. The van der Waals surface area contributed by atoms with Crippen molar-refractivity contribution < 1.29 is 9.18 Å². The SMILES string of the molecule is N#CN=C(NCCCCCCC1CCN(C(=O)C2CCCN2)C1)Nc1ccncc1F. The van der Waals surface area contributed by atoms with E-state index in [9.17, 15) is 9.18 Å². The predicted molar refractivity (Wildman–Crippen MR) is 118 cm³/mol. The van der Waals surface area contributed by atoms with Crippen LogP contribution in [0.2, 0.25) is 0 Å². The molecule has 1 aromatic heterocycles. The van der Waals surface area contributed by atoms with Crippen molar-refractivity contribution in [2.75, 3.05) is 31.5 Å². The van der Waals surface area contributed by atoms with Crippen LogP contribution in [-0.4, -0.2) is 54.0 Å². The molecule has 2 atom stereocenters. The maximum absolute atomic E-state index is 13.7. The third-order valence-electron chi connectivity index (χ3n) is 5.97. The molecule has 0 spiro atoms. The number of likely N-dealkylation sites (tertiary alicyclic amines) is 1. The summed E-state index contributed by atoms with van der Waals surface area (Å²) in [4.78, 5) is 21.9. The molecular weight excluding hydrogens is 397 g/mol. The van der Waals surface area contributed by atoms with E-state index in [1.807, 2.05) is 4.90 Å². The Balaban J connectivity index is 1.26. The summed E-state index contributed by atoms with van der Waals surface area (Å²) in [5.41, 5.74) is 0.226. The smallest absolute Gasteiger partial charge is 0.239 e. The van der Waals surface area contributed by atoms with E-state index in [1.165, 1.54) is 18.7 Å². The molecule has 1 amide bonds. The molecule has 0 radical (unpaired) electrons. The Kier molecular flexibility index (Phi) is 9.03. The van der Waals surface area contributed by atoms with E-state index in [0.717, 1.165) is 70.8 Å². The fourth-order valence-electron chi connectivity index (χ4n) is 4.27. The van der Waals surface area contributed by atoms with Crippen LogP contribution in [0.4, 0.5) is 10.1 Å². The Hall–Kier alpha value is -2.73. The molecule has 2 saturated heterocycles. The number of aromatic nitrogens is 1. The molecule has 3 rings (SSSR count). The van der Waals surface area contributed by atoms with Crippen molar-refractivity contribution in [1.29, 1.82) is 5.26 Å². The van der Waals surface area contributed by atoms with E-state index < -0.39 is 5.82 Å². The number of aliphatic imine (C=N–C) groups is 1. The second-order valence-corrected chi connectivity index (χ2v) is 8.26. The van der Waals surface area contributed by atoms with Crippen LogP contribution in [0.5, 0.6) is 0 Å². The van der Waals surface area contributed by atoms with E-state index in [0.29, 0.717) is 18.4 Å². The van der Waals surface area contributed by atoms with Crippen molar-refractivity contribution in [3.63, 3.8) is 0 Å². The minimum atomic E-state index is -0.498. The van der Waals surface area contributed by atoms with Crippen molar-refractivity contribution in [1.82, 2.24) is 20.5 Å².